The first-order valence-electron chi connectivity index (χ1n) is 7.16. The van der Waals surface area contributed by atoms with Gasteiger partial charge in [-0.2, -0.15) is 0 Å². The van der Waals surface area contributed by atoms with Crippen LogP contribution in [0.3, 0.4) is 0 Å². The molecule has 0 aromatic heterocycles. The Morgan fingerprint density at radius 1 is 1.05 bits per heavy atom. The highest BCUT2D eigenvalue weighted by molar-refractivity contribution is 5.97. The molecule has 2 aromatic carbocycles. The molecule has 0 spiro atoms. The first kappa shape index (κ1) is 15.4. The fourth-order valence-corrected chi connectivity index (χ4v) is 2.18. The van der Waals surface area contributed by atoms with E-state index in [-0.39, 0.29) is 17.8 Å². The van der Waals surface area contributed by atoms with E-state index in [9.17, 15) is 13.6 Å². The average Bonchev–Trinajstić information content (AvgIpc) is 2.48. The summed E-state index contributed by atoms with van der Waals surface area (Å²) in [7, 11) is 0. The lowest BCUT2D eigenvalue weighted by Gasteiger charge is -2.05. The van der Waals surface area contributed by atoms with Gasteiger partial charge in [-0.15, -0.1) is 0 Å². The van der Waals surface area contributed by atoms with Gasteiger partial charge in [0, 0.05) is 18.1 Å². The van der Waals surface area contributed by atoms with Crippen LogP contribution < -0.4 is 0 Å². The molecule has 1 nitrogen and oxygen atoms in total. The minimum Gasteiger partial charge on any atom is -0.294 e. The van der Waals surface area contributed by atoms with Crippen molar-refractivity contribution in [1.29, 1.82) is 0 Å². The topological polar surface area (TPSA) is 17.1 Å². The molecule has 0 radical (unpaired) electrons. The van der Waals surface area contributed by atoms with Crippen molar-refractivity contribution in [3.63, 3.8) is 0 Å². The molecule has 0 aliphatic carbocycles. The number of benzene rings is 2. The van der Waals surface area contributed by atoms with Gasteiger partial charge in [0.15, 0.2) is 5.78 Å². The third-order valence-corrected chi connectivity index (χ3v) is 3.46. The van der Waals surface area contributed by atoms with Crippen molar-refractivity contribution in [1.82, 2.24) is 0 Å². The molecule has 0 saturated carbocycles. The third kappa shape index (κ3) is 4.22. The molecule has 110 valence electrons. The highest BCUT2D eigenvalue weighted by atomic mass is 19.1. The SMILES string of the molecule is CCCCc1ccc(C(=O)Cc2ccc(F)cc2F)cc1. The normalized spacial score (nSPS) is 10.6. The Morgan fingerprint density at radius 3 is 2.38 bits per heavy atom. The van der Waals surface area contributed by atoms with Gasteiger partial charge in [-0.05, 0) is 30.0 Å². The number of rotatable bonds is 6. The number of hydrogen-bond acceptors (Lipinski definition) is 1. The Bertz CT molecular complexity index is 618. The van der Waals surface area contributed by atoms with Gasteiger partial charge in [0.25, 0.3) is 0 Å². The number of unbranched alkanes of at least 4 members (excludes halogenated alkanes) is 1. The van der Waals surface area contributed by atoms with Gasteiger partial charge >= 0.3 is 0 Å². The number of ketones is 1. The summed E-state index contributed by atoms with van der Waals surface area (Å²) >= 11 is 0. The van der Waals surface area contributed by atoms with Crippen LogP contribution in [0.1, 0.15) is 41.3 Å². The molecule has 0 N–H and O–H groups in total. The largest absolute Gasteiger partial charge is 0.294 e. The molecule has 0 aliphatic rings. The quantitative estimate of drug-likeness (QED) is 0.702. The van der Waals surface area contributed by atoms with Gasteiger partial charge in [0.2, 0.25) is 0 Å². The molecule has 0 atom stereocenters. The Hall–Kier alpha value is -2.03. The van der Waals surface area contributed by atoms with E-state index >= 15 is 0 Å². The van der Waals surface area contributed by atoms with E-state index in [1.54, 1.807) is 12.1 Å². The van der Waals surface area contributed by atoms with Gasteiger partial charge < -0.3 is 0 Å². The molecule has 21 heavy (non-hydrogen) atoms. The maximum absolute atomic E-state index is 13.5. The second-order valence-corrected chi connectivity index (χ2v) is 5.14. The van der Waals surface area contributed by atoms with E-state index in [0.717, 1.165) is 25.3 Å². The fraction of sp³-hybridized carbons (Fsp3) is 0.278. The predicted molar refractivity (Wildman–Crippen MR) is 79.4 cm³/mol. The number of carbonyl (C=O) groups is 1. The van der Waals surface area contributed by atoms with Gasteiger partial charge in [-0.25, -0.2) is 8.78 Å². The van der Waals surface area contributed by atoms with Crippen molar-refractivity contribution in [2.45, 2.75) is 32.6 Å². The highest BCUT2D eigenvalue weighted by Crippen LogP contribution is 2.14. The Balaban J connectivity index is 2.06. The van der Waals surface area contributed by atoms with Crippen molar-refractivity contribution in [2.24, 2.45) is 0 Å². The summed E-state index contributed by atoms with van der Waals surface area (Å²) < 4.78 is 26.4. The van der Waals surface area contributed by atoms with Crippen molar-refractivity contribution in [2.75, 3.05) is 0 Å². The molecular formula is C18H18F2O. The summed E-state index contributed by atoms with van der Waals surface area (Å²) in [6.45, 7) is 2.13. The standard InChI is InChI=1S/C18H18F2O/c1-2-3-4-13-5-7-14(8-6-13)18(21)11-15-9-10-16(19)12-17(15)20/h5-10,12H,2-4,11H2,1H3. The maximum Gasteiger partial charge on any atom is 0.167 e. The van der Waals surface area contributed by atoms with E-state index < -0.39 is 11.6 Å². The molecule has 0 bridgehead atoms. The van der Waals surface area contributed by atoms with Crippen LogP contribution in [0.15, 0.2) is 42.5 Å². The average molecular weight is 288 g/mol. The molecular weight excluding hydrogens is 270 g/mol. The van der Waals surface area contributed by atoms with Gasteiger partial charge in [0.1, 0.15) is 11.6 Å². The van der Waals surface area contributed by atoms with Crippen molar-refractivity contribution in [3.8, 4) is 0 Å². The molecule has 0 unspecified atom stereocenters. The Kier molecular flexibility index (Phi) is 5.20. The van der Waals surface area contributed by atoms with Gasteiger partial charge in [-0.3, -0.25) is 4.79 Å². The first-order chi connectivity index (χ1) is 10.1. The molecule has 0 amide bonds. The van der Waals surface area contributed by atoms with E-state index in [0.29, 0.717) is 5.56 Å². The summed E-state index contributed by atoms with van der Waals surface area (Å²) in [6, 6.07) is 10.7. The Morgan fingerprint density at radius 2 is 1.76 bits per heavy atom. The maximum atomic E-state index is 13.5. The summed E-state index contributed by atoms with van der Waals surface area (Å²) in [4.78, 5) is 12.1. The van der Waals surface area contributed by atoms with Crippen molar-refractivity contribution < 1.29 is 13.6 Å². The van der Waals surface area contributed by atoms with Crippen LogP contribution in [-0.4, -0.2) is 5.78 Å². The summed E-state index contributed by atoms with van der Waals surface area (Å²) in [5.74, 6) is -1.48. The zero-order valence-electron chi connectivity index (χ0n) is 12.0. The van der Waals surface area contributed by atoms with Crippen LogP contribution in [0.4, 0.5) is 8.78 Å². The lowest BCUT2D eigenvalue weighted by molar-refractivity contribution is 0.0991. The lowest BCUT2D eigenvalue weighted by atomic mass is 10.00. The van der Waals surface area contributed by atoms with Gasteiger partial charge in [0.05, 0.1) is 0 Å². The van der Waals surface area contributed by atoms with Crippen LogP contribution >= 0.6 is 0 Å². The second-order valence-electron chi connectivity index (χ2n) is 5.14. The number of carbonyl (C=O) groups excluding carboxylic acids is 1. The number of hydrogen-bond donors (Lipinski definition) is 0. The van der Waals surface area contributed by atoms with Crippen molar-refractivity contribution in [3.05, 3.63) is 70.8 Å². The Labute approximate surface area is 123 Å². The molecule has 3 heteroatoms. The highest BCUT2D eigenvalue weighted by Gasteiger charge is 2.11. The smallest absolute Gasteiger partial charge is 0.167 e. The van der Waals surface area contributed by atoms with E-state index in [1.165, 1.54) is 17.7 Å². The molecule has 2 rings (SSSR count). The molecule has 2 aromatic rings. The zero-order chi connectivity index (χ0) is 15.2. The van der Waals surface area contributed by atoms with E-state index in [1.807, 2.05) is 12.1 Å². The zero-order valence-corrected chi connectivity index (χ0v) is 12.0. The molecule has 0 heterocycles. The van der Waals surface area contributed by atoms with Gasteiger partial charge in [-0.1, -0.05) is 43.7 Å². The van der Waals surface area contributed by atoms with Crippen LogP contribution in [0.25, 0.3) is 0 Å². The minimum absolute atomic E-state index is 0.0551. The number of aryl methyl sites for hydroxylation is 1. The van der Waals surface area contributed by atoms with Crippen LogP contribution in [0, 0.1) is 11.6 Å². The molecule has 0 aliphatic heterocycles. The summed E-state index contributed by atoms with van der Waals surface area (Å²) in [5.41, 5.74) is 1.97. The second kappa shape index (κ2) is 7.11. The lowest BCUT2D eigenvalue weighted by Crippen LogP contribution is -2.05. The number of halogens is 2. The predicted octanol–water partition coefficient (Wildman–Crippen LogP) is 4.73. The minimum atomic E-state index is -0.678. The fourth-order valence-electron chi connectivity index (χ4n) is 2.18. The molecule has 0 saturated heterocycles. The third-order valence-electron chi connectivity index (χ3n) is 3.46. The summed E-state index contributed by atoms with van der Waals surface area (Å²) in [6.07, 6.45) is 3.19. The van der Waals surface area contributed by atoms with Crippen LogP contribution in [0.2, 0.25) is 0 Å². The summed E-state index contributed by atoms with van der Waals surface area (Å²) in [5, 5.41) is 0. The van der Waals surface area contributed by atoms with Crippen LogP contribution in [0.5, 0.6) is 0 Å². The van der Waals surface area contributed by atoms with E-state index in [2.05, 4.69) is 6.92 Å². The monoisotopic (exact) mass is 288 g/mol. The molecule has 0 fully saturated rings. The van der Waals surface area contributed by atoms with Crippen LogP contribution in [-0.2, 0) is 12.8 Å². The van der Waals surface area contributed by atoms with Crippen molar-refractivity contribution >= 4 is 5.78 Å². The van der Waals surface area contributed by atoms with E-state index in [4.69, 9.17) is 0 Å². The first-order valence-corrected chi connectivity index (χ1v) is 7.16. The number of Topliss-reactive ketones (excluding diaryl/α,β-unsaturated/α-hetero) is 1.